The first-order valence-electron chi connectivity index (χ1n) is 5.92. The van der Waals surface area contributed by atoms with Gasteiger partial charge in [0.25, 0.3) is 5.91 Å². The molecule has 100 valence electrons. The molecular formula is C13H13F2N3O. The van der Waals surface area contributed by atoms with Crippen molar-refractivity contribution < 1.29 is 13.6 Å². The predicted molar refractivity (Wildman–Crippen MR) is 64.4 cm³/mol. The van der Waals surface area contributed by atoms with E-state index in [1.165, 1.54) is 17.9 Å². The molecule has 1 unspecified atom stereocenters. The standard InChI is InChI=1S/C13H13F2N3O/c1-8-2-3-10(14)11(12(8)15)13(19)18-5-4-17-7-9(18)6-16/h2-3,9,17H,4-5,7H2,1H3. The van der Waals surface area contributed by atoms with Crippen LogP contribution < -0.4 is 5.32 Å². The number of halogens is 2. The van der Waals surface area contributed by atoms with E-state index >= 15 is 0 Å². The fraction of sp³-hybridized carbons (Fsp3) is 0.385. The Hall–Kier alpha value is -2.00. The smallest absolute Gasteiger partial charge is 0.261 e. The zero-order chi connectivity index (χ0) is 14.0. The molecule has 0 bridgehead atoms. The third-order valence-corrected chi connectivity index (χ3v) is 3.15. The molecule has 1 aromatic rings. The van der Waals surface area contributed by atoms with Crippen LogP contribution in [0.25, 0.3) is 0 Å². The number of nitriles is 1. The van der Waals surface area contributed by atoms with E-state index in [1.807, 2.05) is 6.07 Å². The van der Waals surface area contributed by atoms with Gasteiger partial charge in [-0.2, -0.15) is 5.26 Å². The van der Waals surface area contributed by atoms with E-state index < -0.39 is 29.1 Å². The van der Waals surface area contributed by atoms with Crippen LogP contribution in [0.4, 0.5) is 8.78 Å². The number of carbonyl (C=O) groups excluding carboxylic acids is 1. The van der Waals surface area contributed by atoms with Crippen LogP contribution in [0.15, 0.2) is 12.1 Å². The van der Waals surface area contributed by atoms with Gasteiger partial charge in [-0.25, -0.2) is 8.78 Å². The minimum absolute atomic E-state index is 0.202. The number of amides is 1. The van der Waals surface area contributed by atoms with Gasteiger partial charge in [0.2, 0.25) is 0 Å². The average molecular weight is 265 g/mol. The van der Waals surface area contributed by atoms with Crippen molar-refractivity contribution in [2.24, 2.45) is 0 Å². The van der Waals surface area contributed by atoms with Crippen LogP contribution in [-0.4, -0.2) is 36.5 Å². The summed E-state index contributed by atoms with van der Waals surface area (Å²) in [6, 6.07) is 3.59. The lowest BCUT2D eigenvalue weighted by Crippen LogP contribution is -2.53. The van der Waals surface area contributed by atoms with E-state index in [4.69, 9.17) is 5.26 Å². The van der Waals surface area contributed by atoms with Gasteiger partial charge in [0.1, 0.15) is 23.2 Å². The molecule has 0 radical (unpaired) electrons. The number of nitrogens with zero attached hydrogens (tertiary/aromatic N) is 2. The summed E-state index contributed by atoms with van der Waals surface area (Å²) in [5, 5.41) is 11.9. The van der Waals surface area contributed by atoms with Crippen molar-refractivity contribution in [2.45, 2.75) is 13.0 Å². The molecule has 4 nitrogen and oxygen atoms in total. The molecule has 0 aromatic heterocycles. The number of hydrogen-bond acceptors (Lipinski definition) is 3. The number of carbonyl (C=O) groups is 1. The predicted octanol–water partition coefficient (Wildman–Crippen LogP) is 1.21. The SMILES string of the molecule is Cc1ccc(F)c(C(=O)N2CCNCC2C#N)c1F. The number of nitrogens with one attached hydrogen (secondary N) is 1. The van der Waals surface area contributed by atoms with Crippen LogP contribution in [0.5, 0.6) is 0 Å². The Morgan fingerprint density at radius 1 is 1.53 bits per heavy atom. The Bertz CT molecular complexity index is 554. The van der Waals surface area contributed by atoms with E-state index in [9.17, 15) is 13.6 Å². The molecule has 6 heteroatoms. The van der Waals surface area contributed by atoms with Crippen molar-refractivity contribution >= 4 is 5.91 Å². The maximum absolute atomic E-state index is 13.9. The zero-order valence-electron chi connectivity index (χ0n) is 10.4. The van der Waals surface area contributed by atoms with Gasteiger partial charge < -0.3 is 10.2 Å². The summed E-state index contributed by atoms with van der Waals surface area (Å²) in [4.78, 5) is 13.4. The van der Waals surface area contributed by atoms with Crippen LogP contribution in [0, 0.1) is 29.9 Å². The van der Waals surface area contributed by atoms with E-state index in [2.05, 4.69) is 5.32 Å². The minimum Gasteiger partial charge on any atom is -0.320 e. The van der Waals surface area contributed by atoms with Crippen molar-refractivity contribution in [1.82, 2.24) is 10.2 Å². The summed E-state index contributed by atoms with van der Waals surface area (Å²) in [6.45, 7) is 2.52. The zero-order valence-corrected chi connectivity index (χ0v) is 10.4. The highest BCUT2D eigenvalue weighted by Crippen LogP contribution is 2.19. The Balaban J connectivity index is 2.39. The quantitative estimate of drug-likeness (QED) is 0.830. The molecule has 0 aliphatic carbocycles. The van der Waals surface area contributed by atoms with Gasteiger partial charge in [-0.05, 0) is 18.6 Å². The molecule has 0 saturated carbocycles. The van der Waals surface area contributed by atoms with Gasteiger partial charge in [0, 0.05) is 19.6 Å². The molecule has 1 heterocycles. The summed E-state index contributed by atoms with van der Waals surface area (Å²) in [7, 11) is 0. The first kappa shape index (κ1) is 13.4. The lowest BCUT2D eigenvalue weighted by atomic mass is 10.1. The molecule has 1 aromatic carbocycles. The third-order valence-electron chi connectivity index (χ3n) is 3.15. The van der Waals surface area contributed by atoms with E-state index in [-0.39, 0.29) is 12.1 Å². The lowest BCUT2D eigenvalue weighted by Gasteiger charge is -2.32. The highest BCUT2D eigenvalue weighted by Gasteiger charge is 2.31. The van der Waals surface area contributed by atoms with Crippen molar-refractivity contribution in [2.75, 3.05) is 19.6 Å². The molecule has 1 N–H and O–H groups in total. The van der Waals surface area contributed by atoms with Crippen molar-refractivity contribution in [1.29, 1.82) is 5.26 Å². The van der Waals surface area contributed by atoms with Crippen LogP contribution in [-0.2, 0) is 0 Å². The molecular weight excluding hydrogens is 252 g/mol. The largest absolute Gasteiger partial charge is 0.320 e. The van der Waals surface area contributed by atoms with Gasteiger partial charge in [0.15, 0.2) is 0 Å². The maximum Gasteiger partial charge on any atom is 0.261 e. The normalized spacial score (nSPS) is 19.1. The number of hydrogen-bond donors (Lipinski definition) is 1. The summed E-state index contributed by atoms with van der Waals surface area (Å²) in [5.74, 6) is -2.53. The Morgan fingerprint density at radius 3 is 2.95 bits per heavy atom. The van der Waals surface area contributed by atoms with Gasteiger partial charge in [-0.1, -0.05) is 6.07 Å². The molecule has 1 aliphatic heterocycles. The van der Waals surface area contributed by atoms with Crippen LogP contribution in [0.2, 0.25) is 0 Å². The number of rotatable bonds is 1. The fourth-order valence-electron chi connectivity index (χ4n) is 2.06. The summed E-state index contributed by atoms with van der Waals surface area (Å²) in [5.41, 5.74) is -0.379. The number of aryl methyl sites for hydroxylation is 1. The molecule has 19 heavy (non-hydrogen) atoms. The van der Waals surface area contributed by atoms with Crippen molar-refractivity contribution in [3.63, 3.8) is 0 Å². The maximum atomic E-state index is 13.9. The third kappa shape index (κ3) is 2.42. The lowest BCUT2D eigenvalue weighted by molar-refractivity contribution is 0.0677. The monoisotopic (exact) mass is 265 g/mol. The molecule has 1 aliphatic rings. The minimum atomic E-state index is -0.900. The average Bonchev–Trinajstić information content (AvgIpc) is 2.43. The molecule has 1 amide bonds. The highest BCUT2D eigenvalue weighted by molar-refractivity contribution is 5.95. The molecule has 1 atom stereocenters. The van der Waals surface area contributed by atoms with Gasteiger partial charge in [-0.3, -0.25) is 4.79 Å². The fourth-order valence-corrected chi connectivity index (χ4v) is 2.06. The molecule has 2 rings (SSSR count). The van der Waals surface area contributed by atoms with Gasteiger partial charge in [-0.15, -0.1) is 0 Å². The second-order valence-corrected chi connectivity index (χ2v) is 4.40. The topological polar surface area (TPSA) is 56.1 Å². The van der Waals surface area contributed by atoms with Crippen molar-refractivity contribution in [3.8, 4) is 6.07 Å². The number of piperazine rings is 1. The Morgan fingerprint density at radius 2 is 2.26 bits per heavy atom. The molecule has 1 fully saturated rings. The molecule has 0 spiro atoms. The van der Waals surface area contributed by atoms with E-state index in [0.717, 1.165) is 6.07 Å². The second-order valence-electron chi connectivity index (χ2n) is 4.40. The van der Waals surface area contributed by atoms with Crippen LogP contribution >= 0.6 is 0 Å². The first-order chi connectivity index (χ1) is 9.06. The van der Waals surface area contributed by atoms with Crippen LogP contribution in [0.3, 0.4) is 0 Å². The van der Waals surface area contributed by atoms with E-state index in [1.54, 1.807) is 0 Å². The number of benzene rings is 1. The van der Waals surface area contributed by atoms with Crippen molar-refractivity contribution in [3.05, 3.63) is 34.9 Å². The summed E-state index contributed by atoms with van der Waals surface area (Å²) >= 11 is 0. The molecule has 1 saturated heterocycles. The van der Waals surface area contributed by atoms with Crippen LogP contribution in [0.1, 0.15) is 15.9 Å². The first-order valence-corrected chi connectivity index (χ1v) is 5.92. The summed E-state index contributed by atoms with van der Waals surface area (Å²) < 4.78 is 27.6. The second kappa shape index (κ2) is 5.33. The summed E-state index contributed by atoms with van der Waals surface area (Å²) in [6.07, 6.45) is 0. The van der Waals surface area contributed by atoms with Gasteiger partial charge in [0.05, 0.1) is 6.07 Å². The Labute approximate surface area is 109 Å². The highest BCUT2D eigenvalue weighted by atomic mass is 19.1. The Kier molecular flexibility index (Phi) is 3.76. The van der Waals surface area contributed by atoms with Gasteiger partial charge >= 0.3 is 0 Å². The van der Waals surface area contributed by atoms with E-state index in [0.29, 0.717) is 13.1 Å².